The van der Waals surface area contributed by atoms with E-state index in [1.54, 1.807) is 12.1 Å². The molecule has 0 radical (unpaired) electrons. The molecule has 0 aliphatic heterocycles. The molecule has 1 unspecified atom stereocenters. The molecule has 1 N–H and O–H groups in total. The lowest BCUT2D eigenvalue weighted by molar-refractivity contribution is 0.290. The predicted octanol–water partition coefficient (Wildman–Crippen LogP) is 4.71. The lowest BCUT2D eigenvalue weighted by Gasteiger charge is -2.31. The highest BCUT2D eigenvalue weighted by atomic mass is 32.2. The molecule has 1 fully saturated rings. The van der Waals surface area contributed by atoms with E-state index in [2.05, 4.69) is 6.92 Å². The first-order valence-corrected chi connectivity index (χ1v) is 9.45. The van der Waals surface area contributed by atoms with Crippen LogP contribution in [0.2, 0.25) is 0 Å². The van der Waals surface area contributed by atoms with Crippen molar-refractivity contribution >= 4 is 10.1 Å². The third-order valence-electron chi connectivity index (χ3n) is 4.66. The van der Waals surface area contributed by atoms with Gasteiger partial charge in [0.2, 0.25) is 0 Å². The van der Waals surface area contributed by atoms with Crippen LogP contribution in [0.15, 0.2) is 23.1 Å². The van der Waals surface area contributed by atoms with Crippen LogP contribution in [0.4, 0.5) is 0 Å². The average Bonchev–Trinajstić information content (AvgIpc) is 2.44. The predicted molar refractivity (Wildman–Crippen MR) is 85.2 cm³/mol. The Bertz CT molecular complexity index is 572. The quantitative estimate of drug-likeness (QED) is 0.802. The van der Waals surface area contributed by atoms with E-state index in [0.29, 0.717) is 5.92 Å². The van der Waals surface area contributed by atoms with E-state index in [0.717, 1.165) is 24.0 Å². The highest BCUT2D eigenvalue weighted by Gasteiger charge is 2.29. The second-order valence-electron chi connectivity index (χ2n) is 6.31. The van der Waals surface area contributed by atoms with Gasteiger partial charge < -0.3 is 0 Å². The summed E-state index contributed by atoms with van der Waals surface area (Å²) in [5, 5.41) is 0. The molecular weight excluding hydrogens is 284 g/mol. The Hall–Kier alpha value is -0.870. The second kappa shape index (κ2) is 6.93. The Balaban J connectivity index is 2.45. The number of aryl methyl sites for hydroxylation is 1. The molecule has 118 valence electrons. The maximum Gasteiger partial charge on any atom is 0.294 e. The molecule has 0 amide bonds. The number of benzene rings is 1. The Morgan fingerprint density at radius 2 is 1.90 bits per heavy atom. The second-order valence-corrected chi connectivity index (χ2v) is 7.70. The van der Waals surface area contributed by atoms with Crippen LogP contribution in [-0.4, -0.2) is 13.0 Å². The van der Waals surface area contributed by atoms with Gasteiger partial charge in [0.25, 0.3) is 10.1 Å². The SMILES string of the molecule is CCCC(c1cc(C)ccc1S(=O)(=O)O)C1CCCCC1. The largest absolute Gasteiger partial charge is 0.294 e. The van der Waals surface area contributed by atoms with Crippen LogP contribution >= 0.6 is 0 Å². The molecule has 4 heteroatoms. The average molecular weight is 310 g/mol. The van der Waals surface area contributed by atoms with Crippen LogP contribution in [0.25, 0.3) is 0 Å². The van der Waals surface area contributed by atoms with E-state index in [1.807, 2.05) is 13.0 Å². The highest BCUT2D eigenvalue weighted by Crippen LogP contribution is 2.41. The molecule has 3 nitrogen and oxygen atoms in total. The molecule has 1 aromatic rings. The molecule has 0 bridgehead atoms. The molecule has 0 saturated heterocycles. The summed E-state index contributed by atoms with van der Waals surface area (Å²) < 4.78 is 33.0. The molecule has 0 heterocycles. The summed E-state index contributed by atoms with van der Waals surface area (Å²) >= 11 is 0. The maximum atomic E-state index is 11.7. The zero-order valence-electron chi connectivity index (χ0n) is 13.0. The Labute approximate surface area is 128 Å². The van der Waals surface area contributed by atoms with E-state index in [1.165, 1.54) is 32.1 Å². The molecule has 1 aliphatic rings. The summed E-state index contributed by atoms with van der Waals surface area (Å²) in [5.74, 6) is 0.785. The maximum absolute atomic E-state index is 11.7. The standard InChI is InChI=1S/C17H26O3S/c1-3-7-15(14-8-5-4-6-9-14)16-12-13(2)10-11-17(16)21(18,19)20/h10-12,14-15H,3-9H2,1-2H3,(H,18,19,20). The summed E-state index contributed by atoms with van der Waals surface area (Å²) in [4.78, 5) is 0.108. The fraction of sp³-hybridized carbons (Fsp3) is 0.647. The van der Waals surface area contributed by atoms with Gasteiger partial charge in [0, 0.05) is 0 Å². The topological polar surface area (TPSA) is 54.4 Å². The van der Waals surface area contributed by atoms with Gasteiger partial charge in [-0.1, -0.05) is 50.3 Å². The Morgan fingerprint density at radius 1 is 1.24 bits per heavy atom. The van der Waals surface area contributed by atoms with Crippen molar-refractivity contribution in [3.05, 3.63) is 29.3 Å². The van der Waals surface area contributed by atoms with Crippen LogP contribution in [0.3, 0.4) is 0 Å². The normalized spacial score (nSPS) is 18.6. The van der Waals surface area contributed by atoms with Crippen molar-refractivity contribution in [2.45, 2.75) is 69.6 Å². The van der Waals surface area contributed by atoms with E-state index in [9.17, 15) is 13.0 Å². The number of rotatable bonds is 5. The van der Waals surface area contributed by atoms with Gasteiger partial charge >= 0.3 is 0 Å². The van der Waals surface area contributed by atoms with Crippen molar-refractivity contribution in [1.29, 1.82) is 0 Å². The van der Waals surface area contributed by atoms with Gasteiger partial charge in [-0.3, -0.25) is 4.55 Å². The van der Waals surface area contributed by atoms with Gasteiger partial charge in [0.1, 0.15) is 0 Å². The van der Waals surface area contributed by atoms with E-state index in [-0.39, 0.29) is 10.8 Å². The van der Waals surface area contributed by atoms with Gasteiger partial charge in [-0.2, -0.15) is 8.42 Å². The molecule has 0 aromatic heterocycles. The lowest BCUT2D eigenvalue weighted by Crippen LogP contribution is -2.19. The monoisotopic (exact) mass is 310 g/mol. The summed E-state index contributed by atoms with van der Waals surface area (Å²) in [7, 11) is -4.15. The van der Waals surface area contributed by atoms with Crippen LogP contribution in [0.5, 0.6) is 0 Å². The van der Waals surface area contributed by atoms with E-state index < -0.39 is 10.1 Å². The first-order chi connectivity index (χ1) is 9.93. The van der Waals surface area contributed by atoms with Gasteiger partial charge in [-0.15, -0.1) is 0 Å². The third kappa shape index (κ3) is 4.07. The van der Waals surface area contributed by atoms with Gasteiger partial charge in [-0.05, 0) is 49.7 Å². The van der Waals surface area contributed by atoms with Gasteiger partial charge in [-0.25, -0.2) is 0 Å². The van der Waals surface area contributed by atoms with Gasteiger partial charge in [0.05, 0.1) is 4.90 Å². The lowest BCUT2D eigenvalue weighted by atomic mass is 9.74. The highest BCUT2D eigenvalue weighted by molar-refractivity contribution is 7.85. The van der Waals surface area contributed by atoms with Crippen molar-refractivity contribution in [3.8, 4) is 0 Å². The van der Waals surface area contributed by atoms with Crippen molar-refractivity contribution in [2.24, 2.45) is 5.92 Å². The van der Waals surface area contributed by atoms with Crippen molar-refractivity contribution in [2.75, 3.05) is 0 Å². The van der Waals surface area contributed by atoms with Crippen LogP contribution < -0.4 is 0 Å². The minimum absolute atomic E-state index is 0.108. The first-order valence-electron chi connectivity index (χ1n) is 8.01. The fourth-order valence-electron chi connectivity index (χ4n) is 3.69. The molecule has 21 heavy (non-hydrogen) atoms. The third-order valence-corrected chi connectivity index (χ3v) is 5.59. The zero-order valence-corrected chi connectivity index (χ0v) is 13.8. The smallest absolute Gasteiger partial charge is 0.282 e. The van der Waals surface area contributed by atoms with Crippen LogP contribution in [0, 0.1) is 12.8 Å². The van der Waals surface area contributed by atoms with Crippen molar-refractivity contribution in [3.63, 3.8) is 0 Å². The molecule has 1 saturated carbocycles. The summed E-state index contributed by atoms with van der Waals surface area (Å²) in [6.45, 7) is 4.11. The van der Waals surface area contributed by atoms with E-state index in [4.69, 9.17) is 0 Å². The van der Waals surface area contributed by atoms with Crippen molar-refractivity contribution < 1.29 is 13.0 Å². The van der Waals surface area contributed by atoms with Crippen LogP contribution in [-0.2, 0) is 10.1 Å². The zero-order chi connectivity index (χ0) is 15.5. The van der Waals surface area contributed by atoms with Crippen LogP contribution in [0.1, 0.15) is 68.9 Å². The molecule has 1 aromatic carbocycles. The minimum atomic E-state index is -4.15. The van der Waals surface area contributed by atoms with E-state index >= 15 is 0 Å². The Kier molecular flexibility index (Phi) is 5.44. The molecule has 0 spiro atoms. The minimum Gasteiger partial charge on any atom is -0.282 e. The summed E-state index contributed by atoms with van der Waals surface area (Å²) in [5.41, 5.74) is 1.88. The van der Waals surface area contributed by atoms with Gasteiger partial charge in [0.15, 0.2) is 0 Å². The number of hydrogen-bond donors (Lipinski definition) is 1. The summed E-state index contributed by atoms with van der Waals surface area (Å²) in [6.07, 6.45) is 8.11. The molecule has 2 rings (SSSR count). The number of hydrogen-bond acceptors (Lipinski definition) is 2. The molecule has 1 aliphatic carbocycles. The Morgan fingerprint density at radius 3 is 2.48 bits per heavy atom. The fourth-order valence-corrected chi connectivity index (χ4v) is 4.43. The van der Waals surface area contributed by atoms with Crippen molar-refractivity contribution in [1.82, 2.24) is 0 Å². The molecule has 1 atom stereocenters. The first kappa shape index (κ1) is 16.5. The molecular formula is C17H26O3S. The summed E-state index contributed by atoms with van der Waals surface area (Å²) in [6, 6.07) is 5.28.